The maximum absolute atomic E-state index is 11.6. The minimum Gasteiger partial charge on any atom is -0.370 e. The van der Waals surface area contributed by atoms with E-state index in [1.165, 1.54) is 11.3 Å². The average Bonchev–Trinajstić information content (AvgIpc) is 3.15. The normalized spacial score (nSPS) is 33.5. The van der Waals surface area contributed by atoms with Crippen molar-refractivity contribution in [2.24, 2.45) is 11.8 Å². The second-order valence-electron chi connectivity index (χ2n) is 7.00. The van der Waals surface area contributed by atoms with E-state index in [4.69, 9.17) is 0 Å². The largest absolute Gasteiger partial charge is 0.370 e. The number of allylic oxidation sites excluding steroid dienone is 4. The van der Waals surface area contributed by atoms with Crippen LogP contribution >= 0.6 is 0 Å². The summed E-state index contributed by atoms with van der Waals surface area (Å²) >= 11 is 0. The first kappa shape index (κ1) is 12.4. The maximum Gasteiger partial charge on any atom is 0.275 e. The molecule has 4 nitrogen and oxygen atoms in total. The van der Waals surface area contributed by atoms with Crippen LogP contribution in [0.3, 0.4) is 0 Å². The van der Waals surface area contributed by atoms with Gasteiger partial charge in [0.15, 0.2) is 0 Å². The summed E-state index contributed by atoms with van der Waals surface area (Å²) in [6, 6.07) is 3.75. The number of nitro groups is 1. The first-order valence-corrected chi connectivity index (χ1v) is 8.13. The fourth-order valence-corrected chi connectivity index (χ4v) is 5.02. The van der Waals surface area contributed by atoms with Gasteiger partial charge in [0, 0.05) is 31.0 Å². The van der Waals surface area contributed by atoms with Gasteiger partial charge in [-0.1, -0.05) is 24.3 Å². The zero-order valence-electron chi connectivity index (χ0n) is 12.3. The predicted octanol–water partition coefficient (Wildman–Crippen LogP) is 3.75. The lowest BCUT2D eigenvalue weighted by molar-refractivity contribution is -0.385. The molecule has 4 aliphatic rings. The van der Waals surface area contributed by atoms with E-state index in [9.17, 15) is 10.1 Å². The third-order valence-electron chi connectivity index (χ3n) is 5.92. The molecule has 4 atom stereocenters. The molecule has 0 unspecified atom stereocenters. The Hall–Kier alpha value is -2.10. The molecule has 2 heterocycles. The number of nitrogens with zero attached hydrogens (tertiary/aromatic N) is 2. The zero-order chi connectivity index (χ0) is 14.8. The van der Waals surface area contributed by atoms with E-state index in [2.05, 4.69) is 29.2 Å². The number of rotatable bonds is 1. The van der Waals surface area contributed by atoms with Gasteiger partial charge in [-0.25, -0.2) is 0 Å². The number of anilines is 1. The summed E-state index contributed by atoms with van der Waals surface area (Å²) in [6.07, 6.45) is 11.2. The molecule has 0 amide bonds. The topological polar surface area (TPSA) is 46.4 Å². The van der Waals surface area contributed by atoms with Crippen molar-refractivity contribution >= 4 is 11.4 Å². The third kappa shape index (κ3) is 1.47. The van der Waals surface area contributed by atoms with Crippen LogP contribution in [0.2, 0.25) is 0 Å². The molecule has 4 heteroatoms. The van der Waals surface area contributed by atoms with Crippen LogP contribution in [-0.2, 0) is 0 Å². The molecule has 2 aliphatic carbocycles. The molecule has 22 heavy (non-hydrogen) atoms. The van der Waals surface area contributed by atoms with Crippen LogP contribution in [0.4, 0.5) is 11.4 Å². The van der Waals surface area contributed by atoms with E-state index >= 15 is 0 Å². The first-order chi connectivity index (χ1) is 10.7. The molecule has 0 spiro atoms. The molecule has 0 N–H and O–H groups in total. The smallest absolute Gasteiger partial charge is 0.275 e. The van der Waals surface area contributed by atoms with Crippen molar-refractivity contribution in [2.45, 2.75) is 24.7 Å². The lowest BCUT2D eigenvalue weighted by Crippen LogP contribution is -2.43. The Kier molecular flexibility index (Phi) is 2.38. The molecule has 0 saturated heterocycles. The Morgan fingerprint density at radius 2 is 1.73 bits per heavy atom. The minimum atomic E-state index is -0.196. The van der Waals surface area contributed by atoms with Crippen LogP contribution in [0.1, 0.15) is 35.8 Å². The van der Waals surface area contributed by atoms with E-state index in [1.807, 2.05) is 6.07 Å². The maximum atomic E-state index is 11.6. The fourth-order valence-electron chi connectivity index (χ4n) is 5.02. The van der Waals surface area contributed by atoms with Gasteiger partial charge >= 0.3 is 0 Å². The Morgan fingerprint density at radius 3 is 2.45 bits per heavy atom. The molecular formula is C18H18N2O2. The minimum absolute atomic E-state index is 0.196. The Balaban J connectivity index is 1.78. The second-order valence-corrected chi connectivity index (χ2v) is 7.00. The Morgan fingerprint density at radius 1 is 1.05 bits per heavy atom. The van der Waals surface area contributed by atoms with E-state index in [-0.39, 0.29) is 10.8 Å². The summed E-state index contributed by atoms with van der Waals surface area (Å²) < 4.78 is 0. The highest BCUT2D eigenvalue weighted by atomic mass is 16.6. The van der Waals surface area contributed by atoms with Crippen molar-refractivity contribution in [1.82, 2.24) is 0 Å². The fraction of sp³-hybridized carbons (Fsp3) is 0.444. The van der Waals surface area contributed by atoms with Crippen LogP contribution in [0, 0.1) is 22.0 Å². The van der Waals surface area contributed by atoms with Crippen molar-refractivity contribution in [2.75, 3.05) is 18.0 Å². The van der Waals surface area contributed by atoms with E-state index in [0.717, 1.165) is 31.5 Å². The molecule has 0 fully saturated rings. The van der Waals surface area contributed by atoms with Crippen LogP contribution < -0.4 is 4.90 Å². The number of benzene rings is 1. The van der Waals surface area contributed by atoms with Gasteiger partial charge in [0.25, 0.3) is 5.69 Å². The monoisotopic (exact) mass is 294 g/mol. The summed E-state index contributed by atoms with van der Waals surface area (Å²) in [5, 5.41) is 11.6. The SMILES string of the molecule is O=[N+]([O-])c1ccc2c3c1[C@@H]1C=CC[C@@H]1CN3C[C@H]1CC=C[C@@H]21. The number of fused-ring (bicyclic) bond motifs is 4. The summed E-state index contributed by atoms with van der Waals surface area (Å²) in [5.41, 5.74) is 3.77. The van der Waals surface area contributed by atoms with Gasteiger partial charge in [0.1, 0.15) is 0 Å². The van der Waals surface area contributed by atoms with Gasteiger partial charge in [-0.3, -0.25) is 10.1 Å². The summed E-state index contributed by atoms with van der Waals surface area (Å²) in [7, 11) is 0. The highest BCUT2D eigenvalue weighted by Gasteiger charge is 2.45. The molecule has 5 rings (SSSR count). The lowest BCUT2D eigenvalue weighted by Gasteiger charge is -2.45. The van der Waals surface area contributed by atoms with Crippen molar-refractivity contribution in [3.05, 3.63) is 57.7 Å². The first-order valence-electron chi connectivity index (χ1n) is 8.13. The van der Waals surface area contributed by atoms with Crippen LogP contribution in [0.5, 0.6) is 0 Å². The standard InChI is InChI=1S/C18H18N2O2/c21-20(22)16-8-7-15-13-5-1-3-11(13)9-19-10-12-4-2-6-14(12)17(16)18(15)19/h1-2,5-8,11-14H,3-4,9-10H2/t11-,12-,13-,14-/m1/s1. The van der Waals surface area contributed by atoms with E-state index in [1.54, 1.807) is 6.07 Å². The van der Waals surface area contributed by atoms with Gasteiger partial charge in [0.05, 0.1) is 16.2 Å². The van der Waals surface area contributed by atoms with Gasteiger partial charge < -0.3 is 4.90 Å². The predicted molar refractivity (Wildman–Crippen MR) is 85.3 cm³/mol. The summed E-state index contributed by atoms with van der Waals surface area (Å²) in [4.78, 5) is 13.8. The van der Waals surface area contributed by atoms with Crippen molar-refractivity contribution in [3.8, 4) is 0 Å². The van der Waals surface area contributed by atoms with Crippen molar-refractivity contribution in [3.63, 3.8) is 0 Å². The van der Waals surface area contributed by atoms with Crippen molar-refractivity contribution in [1.29, 1.82) is 0 Å². The Labute approximate surface area is 129 Å². The number of hydrogen-bond donors (Lipinski definition) is 0. The lowest BCUT2D eigenvalue weighted by atomic mass is 9.74. The molecular weight excluding hydrogens is 276 g/mol. The van der Waals surface area contributed by atoms with Crippen LogP contribution in [0.15, 0.2) is 36.4 Å². The van der Waals surface area contributed by atoms with Gasteiger partial charge in [0.2, 0.25) is 0 Å². The molecule has 1 aromatic carbocycles. The molecule has 0 aromatic heterocycles. The van der Waals surface area contributed by atoms with E-state index in [0.29, 0.717) is 23.4 Å². The van der Waals surface area contributed by atoms with Crippen molar-refractivity contribution < 1.29 is 4.92 Å². The number of hydrogen-bond acceptors (Lipinski definition) is 3. The summed E-state index contributed by atoms with van der Waals surface area (Å²) in [6.45, 7) is 2.09. The van der Waals surface area contributed by atoms with Crippen LogP contribution in [-0.4, -0.2) is 18.0 Å². The van der Waals surface area contributed by atoms with Gasteiger partial charge in [-0.05, 0) is 36.3 Å². The van der Waals surface area contributed by atoms with Crippen LogP contribution in [0.25, 0.3) is 0 Å². The molecule has 112 valence electrons. The highest BCUT2D eigenvalue weighted by Crippen LogP contribution is 2.55. The zero-order valence-corrected chi connectivity index (χ0v) is 12.3. The molecule has 0 saturated carbocycles. The second kappa shape index (κ2) is 4.22. The highest BCUT2D eigenvalue weighted by molar-refractivity contribution is 5.73. The van der Waals surface area contributed by atoms with Gasteiger partial charge in [-0.2, -0.15) is 0 Å². The molecule has 0 bridgehead atoms. The average molecular weight is 294 g/mol. The third-order valence-corrected chi connectivity index (χ3v) is 5.92. The van der Waals surface area contributed by atoms with E-state index < -0.39 is 0 Å². The van der Waals surface area contributed by atoms with Gasteiger partial charge in [-0.15, -0.1) is 0 Å². The summed E-state index contributed by atoms with van der Waals surface area (Å²) in [5.74, 6) is 1.83. The number of nitro benzene ring substituents is 1. The molecule has 2 aliphatic heterocycles. The quantitative estimate of drug-likeness (QED) is 0.450. The Bertz CT molecular complexity index is 735. The molecule has 1 aromatic rings. The molecule has 0 radical (unpaired) electrons.